The van der Waals surface area contributed by atoms with Crippen LogP contribution >= 0.6 is 0 Å². The van der Waals surface area contributed by atoms with Crippen LogP contribution in [0.4, 0.5) is 0 Å². The SMILES string of the molecule is Cc1cc2c(cc1-c1cccc[n+]1C)Oc1ccccc1[Si]2(C)C. The first-order chi connectivity index (χ1) is 11.5. The summed E-state index contributed by atoms with van der Waals surface area (Å²) in [6.45, 7) is 7.03. The van der Waals surface area contributed by atoms with E-state index in [2.05, 4.69) is 92.4 Å². The molecule has 2 aromatic carbocycles. The molecule has 3 aromatic rings. The molecule has 0 bridgehead atoms. The fourth-order valence-corrected chi connectivity index (χ4v) is 6.55. The highest BCUT2D eigenvalue weighted by molar-refractivity contribution is 7.01. The molecule has 120 valence electrons. The van der Waals surface area contributed by atoms with E-state index in [1.54, 1.807) is 0 Å². The molecule has 1 aromatic heterocycles. The Morgan fingerprint density at radius 1 is 0.875 bits per heavy atom. The van der Waals surface area contributed by atoms with Gasteiger partial charge in [-0.25, -0.2) is 4.57 Å². The first-order valence-corrected chi connectivity index (χ1v) is 11.4. The van der Waals surface area contributed by atoms with E-state index in [0.717, 1.165) is 11.5 Å². The summed E-state index contributed by atoms with van der Waals surface area (Å²) in [6.07, 6.45) is 2.09. The summed E-state index contributed by atoms with van der Waals surface area (Å²) < 4.78 is 8.46. The number of hydrogen-bond acceptors (Lipinski definition) is 1. The number of aromatic nitrogens is 1. The highest BCUT2D eigenvalue weighted by Crippen LogP contribution is 2.33. The maximum atomic E-state index is 6.30. The van der Waals surface area contributed by atoms with Crippen molar-refractivity contribution < 1.29 is 9.30 Å². The Bertz CT molecular complexity index is 946. The van der Waals surface area contributed by atoms with Crippen LogP contribution in [-0.4, -0.2) is 8.07 Å². The number of aryl methyl sites for hydroxylation is 2. The molecule has 1 aliphatic rings. The summed E-state index contributed by atoms with van der Waals surface area (Å²) in [5, 5.41) is 2.77. The lowest BCUT2D eigenvalue weighted by Gasteiger charge is -2.33. The summed E-state index contributed by atoms with van der Waals surface area (Å²) >= 11 is 0. The van der Waals surface area contributed by atoms with Crippen molar-refractivity contribution in [1.82, 2.24) is 0 Å². The molecule has 1 aliphatic heterocycles. The van der Waals surface area contributed by atoms with Crippen LogP contribution in [0.1, 0.15) is 5.56 Å². The van der Waals surface area contributed by atoms with Crippen molar-refractivity contribution in [3.05, 3.63) is 66.4 Å². The van der Waals surface area contributed by atoms with Crippen LogP contribution in [0.5, 0.6) is 11.5 Å². The molecule has 3 heteroatoms. The van der Waals surface area contributed by atoms with E-state index in [0.29, 0.717) is 0 Å². The monoisotopic (exact) mass is 332 g/mol. The van der Waals surface area contributed by atoms with Gasteiger partial charge in [-0.3, -0.25) is 0 Å². The van der Waals surface area contributed by atoms with Gasteiger partial charge in [0.05, 0.1) is 5.56 Å². The van der Waals surface area contributed by atoms with Gasteiger partial charge >= 0.3 is 0 Å². The first-order valence-electron chi connectivity index (χ1n) is 8.36. The average Bonchev–Trinajstić information content (AvgIpc) is 2.56. The molecule has 2 nitrogen and oxygen atoms in total. The van der Waals surface area contributed by atoms with Crippen LogP contribution in [0.25, 0.3) is 11.3 Å². The van der Waals surface area contributed by atoms with Gasteiger partial charge in [0.1, 0.15) is 26.6 Å². The molecule has 0 spiro atoms. The van der Waals surface area contributed by atoms with Crippen molar-refractivity contribution in [1.29, 1.82) is 0 Å². The number of para-hydroxylation sites is 1. The van der Waals surface area contributed by atoms with Gasteiger partial charge in [-0.2, -0.15) is 0 Å². The number of rotatable bonds is 1. The summed E-state index contributed by atoms with van der Waals surface area (Å²) in [5.41, 5.74) is 3.75. The normalized spacial score (nSPS) is 14.5. The average molecular weight is 332 g/mol. The molecule has 0 radical (unpaired) electrons. The molecular weight excluding hydrogens is 310 g/mol. The molecule has 24 heavy (non-hydrogen) atoms. The zero-order valence-electron chi connectivity index (χ0n) is 14.6. The van der Waals surface area contributed by atoms with Gasteiger partial charge in [0.15, 0.2) is 6.20 Å². The minimum absolute atomic E-state index is 1.02. The fraction of sp³-hybridized carbons (Fsp3) is 0.190. The van der Waals surface area contributed by atoms with Crippen molar-refractivity contribution >= 4 is 18.4 Å². The van der Waals surface area contributed by atoms with E-state index in [1.165, 1.54) is 27.2 Å². The summed E-state index contributed by atoms with van der Waals surface area (Å²) in [6, 6.07) is 19.4. The second-order valence-corrected chi connectivity index (χ2v) is 11.4. The van der Waals surface area contributed by atoms with Crippen LogP contribution in [0.2, 0.25) is 13.1 Å². The zero-order chi connectivity index (χ0) is 16.9. The largest absolute Gasteiger partial charge is 0.458 e. The summed E-state index contributed by atoms with van der Waals surface area (Å²) in [7, 11) is 0.354. The van der Waals surface area contributed by atoms with E-state index >= 15 is 0 Å². The van der Waals surface area contributed by atoms with E-state index < -0.39 is 8.07 Å². The number of nitrogens with zero attached hydrogens (tertiary/aromatic N) is 1. The molecule has 0 atom stereocenters. The highest BCUT2D eigenvalue weighted by atomic mass is 28.3. The standard InChI is InChI=1S/C21H22NOSi/c1-15-13-21-19(14-16(15)17-9-7-8-12-22(17)2)23-18-10-5-6-11-20(18)24(21,3)4/h5-14H,1-4H3/q+1. The van der Waals surface area contributed by atoms with Gasteiger partial charge in [0.25, 0.3) is 0 Å². The van der Waals surface area contributed by atoms with Crippen molar-refractivity contribution in [3.8, 4) is 22.8 Å². The fourth-order valence-electron chi connectivity index (χ4n) is 3.68. The van der Waals surface area contributed by atoms with Crippen molar-refractivity contribution in [2.75, 3.05) is 0 Å². The Morgan fingerprint density at radius 2 is 1.62 bits per heavy atom. The lowest BCUT2D eigenvalue weighted by atomic mass is 10.0. The maximum Gasteiger partial charge on any atom is 0.212 e. The van der Waals surface area contributed by atoms with Gasteiger partial charge < -0.3 is 4.74 Å². The van der Waals surface area contributed by atoms with Crippen molar-refractivity contribution in [2.45, 2.75) is 20.0 Å². The predicted molar refractivity (Wildman–Crippen MR) is 101 cm³/mol. The molecule has 0 amide bonds. The number of hydrogen-bond donors (Lipinski definition) is 0. The number of benzene rings is 2. The molecular formula is C21H22NOSi+. The summed E-state index contributed by atoms with van der Waals surface area (Å²) in [5.74, 6) is 2.05. The smallest absolute Gasteiger partial charge is 0.212 e. The van der Waals surface area contributed by atoms with E-state index in [4.69, 9.17) is 4.74 Å². The van der Waals surface area contributed by atoms with Gasteiger partial charge in [-0.1, -0.05) is 37.4 Å². The Balaban J connectivity index is 1.93. The van der Waals surface area contributed by atoms with Gasteiger partial charge in [0.2, 0.25) is 5.69 Å². The molecule has 0 saturated heterocycles. The van der Waals surface area contributed by atoms with Gasteiger partial charge in [-0.15, -0.1) is 0 Å². The third-order valence-corrected chi connectivity index (χ3v) is 8.61. The molecule has 2 heterocycles. The Kier molecular flexibility index (Phi) is 3.36. The van der Waals surface area contributed by atoms with E-state index in [-0.39, 0.29) is 0 Å². The molecule has 0 aliphatic carbocycles. The topological polar surface area (TPSA) is 13.1 Å². The van der Waals surface area contributed by atoms with Crippen LogP contribution in [-0.2, 0) is 7.05 Å². The van der Waals surface area contributed by atoms with Gasteiger partial charge in [0, 0.05) is 12.1 Å². The minimum atomic E-state index is -1.73. The van der Waals surface area contributed by atoms with E-state index in [9.17, 15) is 0 Å². The Hall–Kier alpha value is -2.39. The van der Waals surface area contributed by atoms with E-state index in [1.807, 2.05) is 0 Å². The van der Waals surface area contributed by atoms with Crippen molar-refractivity contribution in [3.63, 3.8) is 0 Å². The van der Waals surface area contributed by atoms with Crippen LogP contribution in [0.15, 0.2) is 60.8 Å². The lowest BCUT2D eigenvalue weighted by molar-refractivity contribution is -0.660. The first kappa shape index (κ1) is 15.2. The Labute approximate surface area is 144 Å². The number of pyridine rings is 1. The molecule has 4 rings (SSSR count). The van der Waals surface area contributed by atoms with Crippen LogP contribution in [0, 0.1) is 6.92 Å². The van der Waals surface area contributed by atoms with Crippen LogP contribution < -0.4 is 19.7 Å². The second kappa shape index (κ2) is 5.31. The third-order valence-electron chi connectivity index (χ3n) is 5.11. The van der Waals surface area contributed by atoms with Crippen LogP contribution in [0.3, 0.4) is 0 Å². The predicted octanol–water partition coefficient (Wildman–Crippen LogP) is 3.41. The number of fused-ring (bicyclic) bond motifs is 2. The maximum absolute atomic E-state index is 6.30. The molecule has 0 saturated carbocycles. The zero-order valence-corrected chi connectivity index (χ0v) is 15.6. The highest BCUT2D eigenvalue weighted by Gasteiger charge is 2.36. The molecule has 0 unspecified atom stereocenters. The quantitative estimate of drug-likeness (QED) is 0.492. The summed E-state index contributed by atoms with van der Waals surface area (Å²) in [4.78, 5) is 0. The second-order valence-electron chi connectivity index (χ2n) is 7.08. The Morgan fingerprint density at radius 3 is 2.42 bits per heavy atom. The molecule has 0 fully saturated rings. The van der Waals surface area contributed by atoms with Crippen molar-refractivity contribution in [2.24, 2.45) is 7.05 Å². The number of ether oxygens (including phenoxy) is 1. The molecule has 0 N–H and O–H groups in total. The third kappa shape index (κ3) is 2.20. The van der Waals surface area contributed by atoms with Gasteiger partial charge in [-0.05, 0) is 41.1 Å². The minimum Gasteiger partial charge on any atom is -0.458 e. The lowest BCUT2D eigenvalue weighted by Crippen LogP contribution is -2.56.